The Morgan fingerprint density at radius 2 is 2.15 bits per heavy atom. The summed E-state index contributed by atoms with van der Waals surface area (Å²) in [5.74, 6) is 0.854. The standard InChI is InChI=1S/C31H29FN4O4S/c1-38-31(37)28-15-27-30(41-28)34-29(36(27)17-25-9-12-39-25)18-35-10-7-21(8-11-35)22-3-2-4-24(14-22)40-19-23-6-5-20(16-33)13-26(23)32/h2-7,13-15,25H,8-12,17-19H2,1H3/t25-/m0/s1. The van der Waals surface area contributed by atoms with Crippen LogP contribution in [0, 0.1) is 17.1 Å². The second-order valence-corrected chi connectivity index (χ2v) is 11.2. The van der Waals surface area contributed by atoms with Crippen LogP contribution in [0.2, 0.25) is 0 Å². The Hall–Kier alpha value is -4.04. The molecule has 2 aliphatic heterocycles. The highest BCUT2D eigenvalue weighted by atomic mass is 32.1. The number of hydrogen-bond acceptors (Lipinski definition) is 8. The van der Waals surface area contributed by atoms with Crippen molar-refractivity contribution in [1.82, 2.24) is 14.5 Å². The van der Waals surface area contributed by atoms with Gasteiger partial charge in [-0.1, -0.05) is 24.3 Å². The molecule has 0 spiro atoms. The van der Waals surface area contributed by atoms with Crippen molar-refractivity contribution in [3.63, 3.8) is 0 Å². The number of fused-ring (bicyclic) bond motifs is 1. The van der Waals surface area contributed by atoms with Crippen molar-refractivity contribution in [2.75, 3.05) is 26.8 Å². The van der Waals surface area contributed by atoms with Crippen LogP contribution in [0.1, 0.15) is 45.0 Å². The molecule has 2 aliphatic rings. The number of rotatable bonds is 9. The molecule has 1 fully saturated rings. The number of imidazole rings is 1. The fourth-order valence-electron chi connectivity index (χ4n) is 5.12. The highest BCUT2D eigenvalue weighted by Gasteiger charge is 2.25. The van der Waals surface area contributed by atoms with Crippen molar-refractivity contribution in [3.8, 4) is 11.8 Å². The first-order valence-electron chi connectivity index (χ1n) is 13.5. The number of esters is 1. The first kappa shape index (κ1) is 27.1. The fraction of sp³-hybridized carbons (Fsp3) is 0.323. The molecule has 0 bridgehead atoms. The molecule has 0 unspecified atom stereocenters. The summed E-state index contributed by atoms with van der Waals surface area (Å²) in [4.78, 5) is 20.7. The Morgan fingerprint density at radius 3 is 2.85 bits per heavy atom. The number of nitrogens with zero attached hydrogens (tertiary/aromatic N) is 4. The smallest absolute Gasteiger partial charge is 0.348 e. The van der Waals surface area contributed by atoms with Gasteiger partial charge in [0.2, 0.25) is 0 Å². The molecular weight excluding hydrogens is 543 g/mol. The Bertz CT molecular complexity index is 1670. The van der Waals surface area contributed by atoms with E-state index in [1.807, 2.05) is 30.3 Å². The maximum atomic E-state index is 14.2. The first-order chi connectivity index (χ1) is 20.0. The summed E-state index contributed by atoms with van der Waals surface area (Å²) in [5, 5.41) is 8.94. The van der Waals surface area contributed by atoms with Crippen LogP contribution in [0.3, 0.4) is 0 Å². The van der Waals surface area contributed by atoms with Gasteiger partial charge < -0.3 is 18.8 Å². The Labute approximate surface area is 241 Å². The molecule has 0 amide bonds. The quantitative estimate of drug-likeness (QED) is 0.243. The van der Waals surface area contributed by atoms with E-state index in [0.717, 1.165) is 60.8 Å². The molecule has 10 heteroatoms. The predicted molar refractivity (Wildman–Crippen MR) is 153 cm³/mol. The first-order valence-corrected chi connectivity index (χ1v) is 14.3. The highest BCUT2D eigenvalue weighted by molar-refractivity contribution is 7.20. The molecule has 1 saturated heterocycles. The maximum absolute atomic E-state index is 14.2. The average Bonchev–Trinajstić information content (AvgIpc) is 3.52. The molecule has 4 heterocycles. The Balaban J connectivity index is 1.13. The molecular formula is C31H29FN4O4S. The van der Waals surface area contributed by atoms with E-state index in [-0.39, 0.29) is 24.2 Å². The number of hydrogen-bond donors (Lipinski definition) is 0. The van der Waals surface area contributed by atoms with Gasteiger partial charge in [0.1, 0.15) is 33.7 Å². The average molecular weight is 573 g/mol. The number of carbonyl (C=O) groups excluding carboxylic acids is 1. The zero-order valence-corrected chi connectivity index (χ0v) is 23.5. The zero-order chi connectivity index (χ0) is 28.3. The lowest BCUT2D eigenvalue weighted by molar-refractivity contribution is -0.0591. The number of ether oxygens (including phenoxy) is 3. The van der Waals surface area contributed by atoms with E-state index in [2.05, 4.69) is 21.6 Å². The Kier molecular flexibility index (Phi) is 7.83. The lowest BCUT2D eigenvalue weighted by atomic mass is 9.99. The summed E-state index contributed by atoms with van der Waals surface area (Å²) in [7, 11) is 1.39. The van der Waals surface area contributed by atoms with Crippen LogP contribution in [-0.2, 0) is 29.2 Å². The van der Waals surface area contributed by atoms with Gasteiger partial charge in [0.05, 0.1) is 43.5 Å². The van der Waals surface area contributed by atoms with Crippen molar-refractivity contribution in [3.05, 3.63) is 87.8 Å². The number of methoxy groups -OCH3 is 1. The van der Waals surface area contributed by atoms with Gasteiger partial charge >= 0.3 is 5.97 Å². The molecule has 210 valence electrons. The summed E-state index contributed by atoms with van der Waals surface area (Å²) in [5.41, 5.74) is 3.97. The number of halogens is 1. The largest absolute Gasteiger partial charge is 0.489 e. The van der Waals surface area contributed by atoms with Crippen molar-refractivity contribution >= 4 is 33.2 Å². The molecule has 1 atom stereocenters. The van der Waals surface area contributed by atoms with Gasteiger partial charge in [-0.2, -0.15) is 5.26 Å². The van der Waals surface area contributed by atoms with Crippen LogP contribution >= 0.6 is 11.3 Å². The summed E-state index contributed by atoms with van der Waals surface area (Å²) in [6.07, 6.45) is 4.31. The van der Waals surface area contributed by atoms with Crippen LogP contribution < -0.4 is 4.74 Å². The van der Waals surface area contributed by atoms with Crippen LogP contribution in [0.25, 0.3) is 15.9 Å². The number of carbonyl (C=O) groups is 1. The number of aromatic nitrogens is 2. The molecule has 6 rings (SSSR count). The molecule has 0 N–H and O–H groups in total. The van der Waals surface area contributed by atoms with Crippen molar-refractivity contribution in [2.24, 2.45) is 0 Å². The third kappa shape index (κ3) is 5.88. The highest BCUT2D eigenvalue weighted by Crippen LogP contribution is 2.31. The van der Waals surface area contributed by atoms with Crippen molar-refractivity contribution in [1.29, 1.82) is 5.26 Å². The van der Waals surface area contributed by atoms with Crippen molar-refractivity contribution < 1.29 is 23.4 Å². The van der Waals surface area contributed by atoms with Crippen LogP contribution in [-0.4, -0.2) is 53.3 Å². The summed E-state index contributed by atoms with van der Waals surface area (Å²) >= 11 is 1.36. The fourth-order valence-corrected chi connectivity index (χ4v) is 6.09. The lowest BCUT2D eigenvalue weighted by Crippen LogP contribution is -2.33. The molecule has 2 aromatic heterocycles. The topological polar surface area (TPSA) is 89.6 Å². The van der Waals surface area contributed by atoms with Crippen LogP contribution in [0.5, 0.6) is 5.75 Å². The van der Waals surface area contributed by atoms with Crippen molar-refractivity contribution in [2.45, 2.75) is 38.6 Å². The third-order valence-electron chi connectivity index (χ3n) is 7.53. The van der Waals surface area contributed by atoms with Gasteiger partial charge in [0.25, 0.3) is 0 Å². The maximum Gasteiger partial charge on any atom is 0.348 e. The second-order valence-electron chi connectivity index (χ2n) is 10.2. The van der Waals surface area contributed by atoms with E-state index in [9.17, 15) is 9.18 Å². The van der Waals surface area contributed by atoms with Gasteiger partial charge in [-0.3, -0.25) is 4.90 Å². The minimum Gasteiger partial charge on any atom is -0.489 e. The van der Waals surface area contributed by atoms with Gasteiger partial charge in [-0.15, -0.1) is 11.3 Å². The van der Waals surface area contributed by atoms with E-state index in [0.29, 0.717) is 22.7 Å². The molecule has 0 saturated carbocycles. The predicted octanol–water partition coefficient (Wildman–Crippen LogP) is 5.55. The second kappa shape index (κ2) is 11.8. The van der Waals surface area contributed by atoms with Gasteiger partial charge in [-0.05, 0) is 54.3 Å². The molecule has 4 aromatic rings. The van der Waals surface area contributed by atoms with Gasteiger partial charge in [0, 0.05) is 25.3 Å². The van der Waals surface area contributed by atoms with Gasteiger partial charge in [0.15, 0.2) is 0 Å². The monoisotopic (exact) mass is 572 g/mol. The summed E-state index contributed by atoms with van der Waals surface area (Å²) < 4.78 is 32.9. The zero-order valence-electron chi connectivity index (χ0n) is 22.6. The van der Waals surface area contributed by atoms with E-state index in [4.69, 9.17) is 24.5 Å². The minimum atomic E-state index is -0.445. The van der Waals surface area contributed by atoms with Gasteiger partial charge in [-0.25, -0.2) is 14.2 Å². The van der Waals surface area contributed by atoms with E-state index in [1.54, 1.807) is 12.1 Å². The lowest BCUT2D eigenvalue weighted by Gasteiger charge is -2.29. The SMILES string of the molecule is COC(=O)c1cc2c(nc(CN3CC=C(c4cccc(OCc5ccc(C#N)cc5F)c4)CC3)n2C[C@@H]2CCO2)s1. The van der Waals surface area contributed by atoms with Crippen LogP contribution in [0.4, 0.5) is 4.39 Å². The third-order valence-corrected chi connectivity index (χ3v) is 8.53. The molecule has 0 radical (unpaired) electrons. The van der Waals surface area contributed by atoms with E-state index < -0.39 is 5.82 Å². The normalized spacial score (nSPS) is 17.1. The van der Waals surface area contributed by atoms with E-state index >= 15 is 0 Å². The summed E-state index contributed by atoms with van der Waals surface area (Å²) in [6, 6.07) is 16.1. The number of thiophene rings is 1. The van der Waals surface area contributed by atoms with Crippen LogP contribution in [0.15, 0.2) is 54.6 Å². The van der Waals surface area contributed by atoms with E-state index in [1.165, 1.54) is 30.1 Å². The molecule has 2 aromatic carbocycles. The number of benzene rings is 2. The minimum absolute atomic E-state index is 0.0882. The number of nitriles is 1. The summed E-state index contributed by atoms with van der Waals surface area (Å²) in [6.45, 7) is 3.95. The molecule has 0 aliphatic carbocycles. The molecule has 41 heavy (non-hydrogen) atoms. The Morgan fingerprint density at radius 1 is 1.27 bits per heavy atom. The molecule has 8 nitrogen and oxygen atoms in total.